The molecule has 0 unspecified atom stereocenters. The maximum Gasteiger partial charge on any atom is 0.0377 e. The number of hydrogen-bond acceptors (Lipinski definition) is 1. The first-order valence-corrected chi connectivity index (χ1v) is 8.25. The molecule has 1 saturated carbocycles. The summed E-state index contributed by atoms with van der Waals surface area (Å²) in [7, 11) is 0. The summed E-state index contributed by atoms with van der Waals surface area (Å²) in [6.45, 7) is 4.55. The maximum atomic E-state index is 3.65. The zero-order chi connectivity index (χ0) is 12.3. The van der Waals surface area contributed by atoms with Crippen LogP contribution in [-0.4, -0.2) is 13.1 Å². The Morgan fingerprint density at radius 3 is 2.59 bits per heavy atom. The van der Waals surface area contributed by atoms with E-state index < -0.39 is 0 Å². The van der Waals surface area contributed by atoms with Crippen molar-refractivity contribution < 1.29 is 0 Å². The second kappa shape index (κ2) is 6.24. The second-order valence-electron chi connectivity index (χ2n) is 4.74. The van der Waals surface area contributed by atoms with Crippen LogP contribution < -0.4 is 4.90 Å². The summed E-state index contributed by atoms with van der Waals surface area (Å²) in [6, 6.07) is 6.69. The second-order valence-corrected chi connectivity index (χ2v) is 6.16. The average molecular weight is 361 g/mol. The number of rotatable bonds is 5. The molecule has 1 aliphatic carbocycles. The van der Waals surface area contributed by atoms with Crippen molar-refractivity contribution in [2.24, 2.45) is 5.92 Å². The summed E-state index contributed by atoms with van der Waals surface area (Å²) in [4.78, 5) is 2.49. The lowest BCUT2D eigenvalue weighted by Gasteiger charge is -2.33. The minimum Gasteiger partial charge on any atom is -0.372 e. The van der Waals surface area contributed by atoms with Gasteiger partial charge in [-0.1, -0.05) is 44.3 Å². The molecule has 94 valence electrons. The van der Waals surface area contributed by atoms with Gasteiger partial charge in [0.2, 0.25) is 0 Å². The highest BCUT2D eigenvalue weighted by Gasteiger charge is 2.20. The molecule has 0 spiro atoms. The fraction of sp³-hybridized carbons (Fsp3) is 0.571. The number of halogens is 2. The first-order valence-electron chi connectivity index (χ1n) is 6.34. The van der Waals surface area contributed by atoms with E-state index in [-0.39, 0.29) is 0 Å². The van der Waals surface area contributed by atoms with Crippen LogP contribution >= 0.6 is 31.9 Å². The van der Waals surface area contributed by atoms with Crippen molar-refractivity contribution in [3.8, 4) is 0 Å². The largest absolute Gasteiger partial charge is 0.372 e. The Kier molecular flexibility index (Phi) is 4.92. The zero-order valence-corrected chi connectivity index (χ0v) is 13.4. The fourth-order valence-corrected chi connectivity index (χ4v) is 3.62. The SMILES string of the molecule is CCN(CC1CCC1)c1ccc(CBr)c(Br)c1. The normalized spacial score (nSPS) is 15.7. The van der Waals surface area contributed by atoms with Crippen molar-refractivity contribution >= 4 is 37.5 Å². The van der Waals surface area contributed by atoms with Gasteiger partial charge in [-0.2, -0.15) is 0 Å². The van der Waals surface area contributed by atoms with Gasteiger partial charge in [0.1, 0.15) is 0 Å². The van der Waals surface area contributed by atoms with Gasteiger partial charge in [0.25, 0.3) is 0 Å². The summed E-state index contributed by atoms with van der Waals surface area (Å²) in [5.74, 6) is 0.921. The molecular formula is C14H19Br2N. The number of anilines is 1. The number of hydrogen-bond donors (Lipinski definition) is 0. The van der Waals surface area contributed by atoms with Crippen LogP contribution in [0.2, 0.25) is 0 Å². The Morgan fingerprint density at radius 2 is 2.12 bits per heavy atom. The quantitative estimate of drug-likeness (QED) is 0.670. The molecule has 1 nitrogen and oxygen atoms in total. The van der Waals surface area contributed by atoms with Gasteiger partial charge >= 0.3 is 0 Å². The Hall–Kier alpha value is -0.0200. The Balaban J connectivity index is 2.09. The van der Waals surface area contributed by atoms with E-state index in [2.05, 4.69) is 61.9 Å². The Labute approximate surface area is 121 Å². The van der Waals surface area contributed by atoms with Crippen LogP contribution in [0.15, 0.2) is 22.7 Å². The summed E-state index contributed by atoms with van der Waals surface area (Å²) < 4.78 is 1.21. The lowest BCUT2D eigenvalue weighted by molar-refractivity contribution is 0.318. The zero-order valence-electron chi connectivity index (χ0n) is 10.3. The van der Waals surface area contributed by atoms with Crippen molar-refractivity contribution in [2.75, 3.05) is 18.0 Å². The van der Waals surface area contributed by atoms with Gasteiger partial charge in [0.05, 0.1) is 0 Å². The van der Waals surface area contributed by atoms with Gasteiger partial charge in [-0.05, 0) is 43.4 Å². The molecule has 1 fully saturated rings. The molecule has 0 aliphatic heterocycles. The summed E-state index contributed by atoms with van der Waals surface area (Å²) in [6.07, 6.45) is 4.25. The van der Waals surface area contributed by atoms with Crippen molar-refractivity contribution in [3.05, 3.63) is 28.2 Å². The van der Waals surface area contributed by atoms with E-state index in [9.17, 15) is 0 Å². The Bertz CT molecular complexity index is 374. The minimum absolute atomic E-state index is 0.905. The first kappa shape index (κ1) is 13.4. The molecule has 1 aromatic carbocycles. The van der Waals surface area contributed by atoms with E-state index >= 15 is 0 Å². The molecule has 0 aromatic heterocycles. The smallest absolute Gasteiger partial charge is 0.0377 e. The average Bonchev–Trinajstić information content (AvgIpc) is 2.28. The van der Waals surface area contributed by atoms with Crippen molar-refractivity contribution in [3.63, 3.8) is 0 Å². The predicted molar refractivity (Wildman–Crippen MR) is 82.0 cm³/mol. The lowest BCUT2D eigenvalue weighted by Crippen LogP contribution is -2.32. The Morgan fingerprint density at radius 1 is 1.35 bits per heavy atom. The first-order chi connectivity index (χ1) is 8.24. The van der Waals surface area contributed by atoms with Crippen LogP contribution in [0.25, 0.3) is 0 Å². The molecule has 0 radical (unpaired) electrons. The van der Waals surface area contributed by atoms with Crippen LogP contribution in [0.3, 0.4) is 0 Å². The van der Waals surface area contributed by atoms with Crippen LogP contribution in [0.4, 0.5) is 5.69 Å². The molecule has 3 heteroatoms. The fourth-order valence-electron chi connectivity index (χ4n) is 2.25. The summed E-state index contributed by atoms with van der Waals surface area (Å²) >= 11 is 7.15. The number of nitrogens with zero attached hydrogens (tertiary/aromatic N) is 1. The van der Waals surface area contributed by atoms with Crippen LogP contribution in [0.1, 0.15) is 31.7 Å². The minimum atomic E-state index is 0.905. The standard InChI is InChI=1S/C14H19Br2N/c1-2-17(10-11-4-3-5-11)13-7-6-12(9-15)14(16)8-13/h6-8,11H,2-5,9-10H2,1H3. The van der Waals surface area contributed by atoms with E-state index in [1.54, 1.807) is 0 Å². The predicted octanol–water partition coefficient (Wildman–Crippen LogP) is 4.97. The number of alkyl halides is 1. The summed E-state index contributed by atoms with van der Waals surface area (Å²) in [5, 5.41) is 0.905. The molecule has 1 aromatic rings. The molecule has 0 bridgehead atoms. The molecule has 0 heterocycles. The van der Waals surface area contributed by atoms with Gasteiger partial charge < -0.3 is 4.90 Å². The van der Waals surface area contributed by atoms with E-state index in [0.29, 0.717) is 0 Å². The molecule has 0 saturated heterocycles. The van der Waals surface area contributed by atoms with Crippen LogP contribution in [-0.2, 0) is 5.33 Å². The molecule has 0 N–H and O–H groups in total. The van der Waals surface area contributed by atoms with E-state index in [1.165, 1.54) is 41.5 Å². The highest BCUT2D eigenvalue weighted by Crippen LogP contribution is 2.30. The van der Waals surface area contributed by atoms with E-state index in [4.69, 9.17) is 0 Å². The van der Waals surface area contributed by atoms with Gasteiger partial charge in [0.15, 0.2) is 0 Å². The third-order valence-corrected chi connectivity index (χ3v) is 4.97. The van der Waals surface area contributed by atoms with Gasteiger partial charge in [-0.25, -0.2) is 0 Å². The highest BCUT2D eigenvalue weighted by molar-refractivity contribution is 9.10. The molecule has 17 heavy (non-hydrogen) atoms. The molecule has 2 rings (SSSR count). The summed E-state index contributed by atoms with van der Waals surface area (Å²) in [5.41, 5.74) is 2.66. The van der Waals surface area contributed by atoms with E-state index in [1.807, 2.05) is 0 Å². The third kappa shape index (κ3) is 3.25. The molecule has 0 amide bonds. The topological polar surface area (TPSA) is 3.24 Å². The van der Waals surface area contributed by atoms with Gasteiger partial charge in [-0.15, -0.1) is 0 Å². The lowest BCUT2D eigenvalue weighted by atomic mass is 9.85. The van der Waals surface area contributed by atoms with Gasteiger partial charge in [0, 0.05) is 28.6 Å². The molecular weight excluding hydrogens is 342 g/mol. The highest BCUT2D eigenvalue weighted by atomic mass is 79.9. The monoisotopic (exact) mass is 359 g/mol. The van der Waals surface area contributed by atoms with Crippen LogP contribution in [0, 0.1) is 5.92 Å². The van der Waals surface area contributed by atoms with Crippen molar-refractivity contribution in [2.45, 2.75) is 31.5 Å². The van der Waals surface area contributed by atoms with Crippen molar-refractivity contribution in [1.29, 1.82) is 0 Å². The molecule has 0 atom stereocenters. The number of benzene rings is 1. The van der Waals surface area contributed by atoms with Crippen LogP contribution in [0.5, 0.6) is 0 Å². The van der Waals surface area contributed by atoms with Crippen molar-refractivity contribution in [1.82, 2.24) is 0 Å². The molecule has 1 aliphatic rings. The third-order valence-electron chi connectivity index (χ3n) is 3.63. The van der Waals surface area contributed by atoms with E-state index in [0.717, 1.165) is 17.8 Å². The maximum absolute atomic E-state index is 3.65. The van der Waals surface area contributed by atoms with Gasteiger partial charge in [-0.3, -0.25) is 0 Å².